The lowest BCUT2D eigenvalue weighted by Gasteiger charge is -2.29. The van der Waals surface area contributed by atoms with Crippen molar-refractivity contribution < 1.29 is 19.2 Å². The van der Waals surface area contributed by atoms with Gasteiger partial charge in [0.15, 0.2) is 0 Å². The summed E-state index contributed by atoms with van der Waals surface area (Å²) in [6.45, 7) is 5.54. The van der Waals surface area contributed by atoms with Crippen LogP contribution in [-0.4, -0.2) is 46.9 Å². The predicted octanol–water partition coefficient (Wildman–Crippen LogP) is 1.86. The first-order chi connectivity index (χ1) is 11.0. The third-order valence-corrected chi connectivity index (χ3v) is 4.35. The maximum atomic E-state index is 12.6. The second kappa shape index (κ2) is 6.12. The van der Waals surface area contributed by atoms with E-state index in [1.165, 1.54) is 0 Å². The number of fused-ring (bicyclic) bond motifs is 1. The summed E-state index contributed by atoms with van der Waals surface area (Å²) in [6.07, 6.45) is 2.09. The van der Waals surface area contributed by atoms with Gasteiger partial charge in [-0.25, -0.2) is 4.79 Å². The number of hydrogen-bond donors (Lipinski definition) is 0. The lowest BCUT2D eigenvalue weighted by Crippen LogP contribution is -2.47. The van der Waals surface area contributed by atoms with E-state index in [2.05, 4.69) is 4.90 Å². The van der Waals surface area contributed by atoms with E-state index in [0.29, 0.717) is 5.06 Å². The van der Waals surface area contributed by atoms with Crippen LogP contribution in [0.25, 0.3) is 0 Å². The van der Waals surface area contributed by atoms with Crippen molar-refractivity contribution in [2.45, 2.75) is 32.7 Å². The minimum absolute atomic E-state index is 0.0378. The molecule has 23 heavy (non-hydrogen) atoms. The molecule has 2 aliphatic rings. The van der Waals surface area contributed by atoms with Gasteiger partial charge in [0, 0.05) is 0 Å². The number of nitrogens with zero attached hydrogens (tertiary/aromatic N) is 2. The fraction of sp³-hybridized carbons (Fsp3) is 0.471. The molecule has 1 unspecified atom stereocenters. The molecule has 122 valence electrons. The van der Waals surface area contributed by atoms with Crippen LogP contribution in [0, 0.1) is 5.92 Å². The molecule has 0 saturated carbocycles. The van der Waals surface area contributed by atoms with E-state index in [0.717, 1.165) is 25.9 Å². The fourth-order valence-corrected chi connectivity index (χ4v) is 3.26. The van der Waals surface area contributed by atoms with Gasteiger partial charge in [-0.2, -0.15) is 0 Å². The Morgan fingerprint density at radius 3 is 2.04 bits per heavy atom. The van der Waals surface area contributed by atoms with Gasteiger partial charge in [-0.15, -0.1) is 0 Å². The third-order valence-electron chi connectivity index (χ3n) is 4.35. The summed E-state index contributed by atoms with van der Waals surface area (Å²) in [5, 5.41) is 0.596. The lowest BCUT2D eigenvalue weighted by atomic mass is 10.0. The smallest absolute Gasteiger partial charge is 0.328 e. The van der Waals surface area contributed by atoms with Gasteiger partial charge >= 0.3 is 5.97 Å². The molecule has 0 bridgehead atoms. The maximum Gasteiger partial charge on any atom is 0.350 e. The number of carbonyl (C=O) groups is 3. The van der Waals surface area contributed by atoms with Crippen molar-refractivity contribution in [3.63, 3.8) is 0 Å². The van der Waals surface area contributed by atoms with Crippen LogP contribution in [0.5, 0.6) is 0 Å². The third kappa shape index (κ3) is 2.74. The second-order valence-corrected chi connectivity index (χ2v) is 6.29. The molecular weight excluding hydrogens is 296 g/mol. The van der Waals surface area contributed by atoms with Gasteiger partial charge in [-0.1, -0.05) is 31.0 Å². The van der Waals surface area contributed by atoms with Crippen molar-refractivity contribution in [2.75, 3.05) is 13.1 Å². The number of likely N-dealkylation sites (tertiary alicyclic amines) is 1. The van der Waals surface area contributed by atoms with Gasteiger partial charge in [-0.3, -0.25) is 14.5 Å². The van der Waals surface area contributed by atoms with Crippen LogP contribution >= 0.6 is 0 Å². The zero-order valence-corrected chi connectivity index (χ0v) is 13.3. The first kappa shape index (κ1) is 15.7. The van der Waals surface area contributed by atoms with Gasteiger partial charge in [0.2, 0.25) is 0 Å². The number of carbonyl (C=O) groups excluding carboxylic acids is 3. The van der Waals surface area contributed by atoms with Gasteiger partial charge in [-0.05, 0) is 44.0 Å². The van der Waals surface area contributed by atoms with E-state index in [1.807, 2.05) is 13.8 Å². The Morgan fingerprint density at radius 2 is 1.57 bits per heavy atom. The molecule has 1 atom stereocenters. The van der Waals surface area contributed by atoms with Crippen molar-refractivity contribution in [1.82, 2.24) is 9.96 Å². The number of rotatable bonds is 4. The molecule has 6 heteroatoms. The quantitative estimate of drug-likeness (QED) is 0.793. The molecule has 3 rings (SSSR count). The first-order valence-corrected chi connectivity index (χ1v) is 7.94. The zero-order chi connectivity index (χ0) is 16.6. The predicted molar refractivity (Wildman–Crippen MR) is 82.5 cm³/mol. The highest BCUT2D eigenvalue weighted by Gasteiger charge is 2.41. The van der Waals surface area contributed by atoms with Crippen LogP contribution in [0.2, 0.25) is 0 Å². The van der Waals surface area contributed by atoms with Crippen LogP contribution in [0.1, 0.15) is 47.4 Å². The molecule has 0 aromatic heterocycles. The Bertz CT molecular complexity index is 615. The van der Waals surface area contributed by atoms with Crippen LogP contribution < -0.4 is 0 Å². The standard InChI is InChI=1S/C17H20N2O4/c1-11(2)14(18-9-5-6-10-18)17(22)23-19-15(20)12-7-3-4-8-13(12)16(19)21/h3-4,7-8,11,14H,5-6,9-10H2,1-2H3. The van der Waals surface area contributed by atoms with E-state index in [4.69, 9.17) is 4.84 Å². The molecular formula is C17H20N2O4. The molecule has 0 N–H and O–H groups in total. The summed E-state index contributed by atoms with van der Waals surface area (Å²) in [4.78, 5) is 44.4. The van der Waals surface area contributed by atoms with Crippen LogP contribution in [0.3, 0.4) is 0 Å². The SMILES string of the molecule is CC(C)C(C(=O)ON1C(=O)c2ccccc2C1=O)N1CCCC1. The summed E-state index contributed by atoms with van der Waals surface area (Å²) < 4.78 is 0. The molecule has 1 saturated heterocycles. The zero-order valence-electron chi connectivity index (χ0n) is 13.3. The lowest BCUT2D eigenvalue weighted by molar-refractivity contribution is -0.176. The van der Waals surface area contributed by atoms with Gasteiger partial charge in [0.25, 0.3) is 11.8 Å². The highest BCUT2D eigenvalue weighted by Crippen LogP contribution is 2.25. The molecule has 0 radical (unpaired) electrons. The monoisotopic (exact) mass is 316 g/mol. The van der Waals surface area contributed by atoms with Crippen molar-refractivity contribution >= 4 is 17.8 Å². The summed E-state index contributed by atoms with van der Waals surface area (Å²) in [7, 11) is 0. The number of imide groups is 1. The van der Waals surface area contributed by atoms with Crippen LogP contribution in [0.15, 0.2) is 24.3 Å². The van der Waals surface area contributed by atoms with Crippen LogP contribution in [-0.2, 0) is 9.63 Å². The number of hydroxylamine groups is 2. The van der Waals surface area contributed by atoms with Crippen molar-refractivity contribution in [1.29, 1.82) is 0 Å². The summed E-state index contributed by atoms with van der Waals surface area (Å²) in [6, 6.07) is 6.03. The van der Waals surface area contributed by atoms with Gasteiger partial charge in [0.05, 0.1) is 11.1 Å². The van der Waals surface area contributed by atoms with E-state index in [1.54, 1.807) is 24.3 Å². The minimum atomic E-state index is -0.581. The van der Waals surface area contributed by atoms with Crippen LogP contribution in [0.4, 0.5) is 0 Å². The Morgan fingerprint density at radius 1 is 1.04 bits per heavy atom. The molecule has 2 aliphatic heterocycles. The molecule has 6 nitrogen and oxygen atoms in total. The molecule has 0 spiro atoms. The van der Waals surface area contributed by atoms with E-state index >= 15 is 0 Å². The number of amides is 2. The topological polar surface area (TPSA) is 66.9 Å². The largest absolute Gasteiger partial charge is 0.350 e. The summed E-state index contributed by atoms with van der Waals surface area (Å²) in [5.74, 6) is -1.67. The molecule has 0 aliphatic carbocycles. The van der Waals surface area contributed by atoms with E-state index in [9.17, 15) is 14.4 Å². The minimum Gasteiger partial charge on any atom is -0.328 e. The van der Waals surface area contributed by atoms with Crippen molar-refractivity contribution in [3.05, 3.63) is 35.4 Å². The Kier molecular flexibility index (Phi) is 4.17. The fourth-order valence-electron chi connectivity index (χ4n) is 3.26. The first-order valence-electron chi connectivity index (χ1n) is 7.94. The average Bonchev–Trinajstić information content (AvgIpc) is 3.11. The maximum absolute atomic E-state index is 12.6. The van der Waals surface area contributed by atoms with E-state index in [-0.39, 0.29) is 17.0 Å². The molecule has 1 aromatic rings. The molecule has 1 fully saturated rings. The van der Waals surface area contributed by atoms with Crippen molar-refractivity contribution in [3.8, 4) is 0 Å². The number of hydrogen-bond acceptors (Lipinski definition) is 5. The van der Waals surface area contributed by atoms with Gasteiger partial charge in [0.1, 0.15) is 6.04 Å². The summed E-state index contributed by atoms with van der Waals surface area (Å²) in [5.41, 5.74) is 0.542. The summed E-state index contributed by atoms with van der Waals surface area (Å²) >= 11 is 0. The molecule has 2 heterocycles. The second-order valence-electron chi connectivity index (χ2n) is 6.29. The molecule has 1 aromatic carbocycles. The van der Waals surface area contributed by atoms with Gasteiger partial charge < -0.3 is 4.84 Å². The van der Waals surface area contributed by atoms with Crippen molar-refractivity contribution in [2.24, 2.45) is 5.92 Å². The number of benzene rings is 1. The Hall–Kier alpha value is -2.21. The Labute approximate surface area is 135 Å². The highest BCUT2D eigenvalue weighted by molar-refractivity contribution is 6.20. The Balaban J connectivity index is 1.77. The average molecular weight is 316 g/mol. The molecule has 2 amide bonds. The highest BCUT2D eigenvalue weighted by atomic mass is 16.7. The normalized spacial score (nSPS) is 19.3. The van der Waals surface area contributed by atoms with E-state index < -0.39 is 23.8 Å².